The van der Waals surface area contributed by atoms with E-state index >= 15 is 0 Å². The summed E-state index contributed by atoms with van der Waals surface area (Å²) >= 11 is 0. The zero-order valence-corrected chi connectivity index (χ0v) is 9.60. The van der Waals surface area contributed by atoms with E-state index in [2.05, 4.69) is 21.3 Å². The second-order valence-electron chi connectivity index (χ2n) is 4.99. The Hall–Kier alpha value is -0.930. The van der Waals surface area contributed by atoms with Crippen molar-refractivity contribution in [3.8, 4) is 0 Å². The van der Waals surface area contributed by atoms with Crippen LogP contribution in [0.15, 0.2) is 24.5 Å². The van der Waals surface area contributed by atoms with Crippen LogP contribution in [-0.2, 0) is 6.54 Å². The summed E-state index contributed by atoms with van der Waals surface area (Å²) in [6.45, 7) is 4.57. The van der Waals surface area contributed by atoms with Crippen LogP contribution in [0.3, 0.4) is 0 Å². The highest BCUT2D eigenvalue weighted by Gasteiger charge is 2.33. The van der Waals surface area contributed by atoms with Crippen LogP contribution < -0.4 is 5.32 Å². The third kappa shape index (κ3) is 2.42. The second-order valence-corrected chi connectivity index (χ2v) is 4.99. The number of piperazine rings is 1. The Morgan fingerprint density at radius 3 is 3.12 bits per heavy atom. The topological polar surface area (TPSA) is 28.2 Å². The molecule has 1 saturated carbocycles. The van der Waals surface area contributed by atoms with Crippen molar-refractivity contribution in [2.75, 3.05) is 19.6 Å². The fourth-order valence-corrected chi connectivity index (χ4v) is 2.55. The average Bonchev–Trinajstić information content (AvgIpc) is 3.15. The van der Waals surface area contributed by atoms with Crippen LogP contribution in [0.25, 0.3) is 0 Å². The molecule has 3 nitrogen and oxygen atoms in total. The molecule has 0 bridgehead atoms. The van der Waals surface area contributed by atoms with Crippen LogP contribution >= 0.6 is 0 Å². The van der Waals surface area contributed by atoms with Gasteiger partial charge in [0.25, 0.3) is 0 Å². The Kier molecular flexibility index (Phi) is 2.89. The van der Waals surface area contributed by atoms with Gasteiger partial charge in [-0.15, -0.1) is 0 Å². The molecule has 1 saturated heterocycles. The molecule has 1 aromatic heterocycles. The molecule has 0 spiro atoms. The predicted molar refractivity (Wildman–Crippen MR) is 64.0 cm³/mol. The molecule has 3 rings (SSSR count). The van der Waals surface area contributed by atoms with E-state index in [9.17, 15) is 0 Å². The lowest BCUT2D eigenvalue weighted by atomic mass is 10.1. The molecule has 1 N–H and O–H groups in total. The van der Waals surface area contributed by atoms with Crippen molar-refractivity contribution < 1.29 is 0 Å². The van der Waals surface area contributed by atoms with E-state index in [0.29, 0.717) is 0 Å². The van der Waals surface area contributed by atoms with Crippen LogP contribution in [-0.4, -0.2) is 35.6 Å². The SMILES string of the molecule is c1cncc(CN2CCNC(C3CC3)C2)c1. The monoisotopic (exact) mass is 217 g/mol. The van der Waals surface area contributed by atoms with E-state index in [1.165, 1.54) is 24.9 Å². The van der Waals surface area contributed by atoms with Gasteiger partial charge in [-0.25, -0.2) is 0 Å². The summed E-state index contributed by atoms with van der Waals surface area (Å²) in [6, 6.07) is 4.93. The molecule has 2 aliphatic rings. The molecule has 0 aromatic carbocycles. The van der Waals surface area contributed by atoms with E-state index in [1.54, 1.807) is 0 Å². The van der Waals surface area contributed by atoms with Crippen LogP contribution in [0.2, 0.25) is 0 Å². The lowest BCUT2D eigenvalue weighted by Gasteiger charge is -2.33. The summed E-state index contributed by atoms with van der Waals surface area (Å²) in [7, 11) is 0. The van der Waals surface area contributed by atoms with Crippen molar-refractivity contribution in [1.29, 1.82) is 0 Å². The van der Waals surface area contributed by atoms with Gasteiger partial charge in [0, 0.05) is 44.6 Å². The van der Waals surface area contributed by atoms with Crippen molar-refractivity contribution in [3.63, 3.8) is 0 Å². The number of rotatable bonds is 3. The first-order valence-corrected chi connectivity index (χ1v) is 6.26. The third-order valence-electron chi connectivity index (χ3n) is 3.61. The third-order valence-corrected chi connectivity index (χ3v) is 3.61. The zero-order valence-electron chi connectivity index (χ0n) is 9.60. The van der Waals surface area contributed by atoms with Gasteiger partial charge in [-0.3, -0.25) is 9.88 Å². The van der Waals surface area contributed by atoms with Crippen LogP contribution in [0.1, 0.15) is 18.4 Å². The highest BCUT2D eigenvalue weighted by Crippen LogP contribution is 2.33. The van der Waals surface area contributed by atoms with Crippen LogP contribution in [0, 0.1) is 5.92 Å². The number of nitrogens with one attached hydrogen (secondary N) is 1. The summed E-state index contributed by atoms with van der Waals surface area (Å²) in [5, 5.41) is 3.64. The molecule has 1 aliphatic heterocycles. The van der Waals surface area contributed by atoms with Crippen molar-refractivity contribution in [2.45, 2.75) is 25.4 Å². The van der Waals surface area contributed by atoms with Gasteiger partial charge >= 0.3 is 0 Å². The summed E-state index contributed by atoms with van der Waals surface area (Å²) < 4.78 is 0. The Morgan fingerprint density at radius 1 is 1.44 bits per heavy atom. The van der Waals surface area contributed by atoms with E-state index in [0.717, 1.165) is 31.6 Å². The maximum absolute atomic E-state index is 4.17. The fraction of sp³-hybridized carbons (Fsp3) is 0.615. The Balaban J connectivity index is 1.58. The van der Waals surface area contributed by atoms with Gasteiger partial charge < -0.3 is 5.32 Å². The van der Waals surface area contributed by atoms with Gasteiger partial charge in [0.05, 0.1) is 0 Å². The van der Waals surface area contributed by atoms with Gasteiger partial charge in [-0.2, -0.15) is 0 Å². The summed E-state index contributed by atoms with van der Waals surface area (Å²) in [5.74, 6) is 0.955. The van der Waals surface area contributed by atoms with Crippen molar-refractivity contribution in [2.24, 2.45) is 5.92 Å². The number of aromatic nitrogens is 1. The van der Waals surface area contributed by atoms with Gasteiger partial charge in [0.15, 0.2) is 0 Å². The first-order valence-electron chi connectivity index (χ1n) is 6.26. The van der Waals surface area contributed by atoms with Crippen LogP contribution in [0.4, 0.5) is 0 Å². The molecule has 0 radical (unpaired) electrons. The molecule has 1 aliphatic carbocycles. The molecule has 1 atom stereocenters. The Labute approximate surface area is 96.9 Å². The van der Waals surface area contributed by atoms with Crippen molar-refractivity contribution in [3.05, 3.63) is 30.1 Å². The summed E-state index contributed by atoms with van der Waals surface area (Å²) in [5.41, 5.74) is 1.33. The van der Waals surface area contributed by atoms with Crippen molar-refractivity contribution in [1.82, 2.24) is 15.2 Å². The average molecular weight is 217 g/mol. The number of nitrogens with zero attached hydrogens (tertiary/aromatic N) is 2. The zero-order chi connectivity index (χ0) is 10.8. The first kappa shape index (κ1) is 10.2. The molecule has 2 fully saturated rings. The molecular weight excluding hydrogens is 198 g/mol. The lowest BCUT2D eigenvalue weighted by molar-refractivity contribution is 0.181. The van der Waals surface area contributed by atoms with Crippen LogP contribution in [0.5, 0.6) is 0 Å². The molecule has 16 heavy (non-hydrogen) atoms. The largest absolute Gasteiger partial charge is 0.311 e. The van der Waals surface area contributed by atoms with Crippen molar-refractivity contribution >= 4 is 0 Å². The molecule has 1 aromatic rings. The highest BCUT2D eigenvalue weighted by atomic mass is 15.2. The molecular formula is C13H19N3. The van der Waals surface area contributed by atoms with E-state index in [-0.39, 0.29) is 0 Å². The van der Waals surface area contributed by atoms with Gasteiger partial charge in [0.2, 0.25) is 0 Å². The minimum absolute atomic E-state index is 0.741. The minimum Gasteiger partial charge on any atom is -0.311 e. The maximum atomic E-state index is 4.17. The lowest BCUT2D eigenvalue weighted by Crippen LogP contribution is -2.51. The molecule has 3 heteroatoms. The van der Waals surface area contributed by atoms with Gasteiger partial charge in [-0.1, -0.05) is 6.07 Å². The smallest absolute Gasteiger partial charge is 0.0312 e. The molecule has 2 heterocycles. The number of pyridine rings is 1. The quantitative estimate of drug-likeness (QED) is 0.826. The Morgan fingerprint density at radius 2 is 2.38 bits per heavy atom. The van der Waals surface area contributed by atoms with Gasteiger partial charge in [0.1, 0.15) is 0 Å². The predicted octanol–water partition coefficient (Wildman–Crippen LogP) is 1.27. The molecule has 0 amide bonds. The minimum atomic E-state index is 0.741. The van der Waals surface area contributed by atoms with E-state index in [4.69, 9.17) is 0 Å². The van der Waals surface area contributed by atoms with E-state index in [1.807, 2.05) is 18.5 Å². The van der Waals surface area contributed by atoms with E-state index < -0.39 is 0 Å². The number of hydrogen-bond acceptors (Lipinski definition) is 3. The normalized spacial score (nSPS) is 26.9. The fourth-order valence-electron chi connectivity index (χ4n) is 2.55. The first-order chi connectivity index (χ1) is 7.92. The Bertz CT molecular complexity index is 334. The summed E-state index contributed by atoms with van der Waals surface area (Å²) in [6.07, 6.45) is 6.68. The molecule has 1 unspecified atom stereocenters. The second kappa shape index (κ2) is 4.52. The standard InChI is InChI=1S/C13H19N3/c1-2-11(8-14-5-1)9-16-7-6-15-13(10-16)12-3-4-12/h1-2,5,8,12-13,15H,3-4,6-7,9-10H2. The molecule has 86 valence electrons. The highest BCUT2D eigenvalue weighted by molar-refractivity contribution is 5.08. The number of hydrogen-bond donors (Lipinski definition) is 1. The maximum Gasteiger partial charge on any atom is 0.0312 e. The van der Waals surface area contributed by atoms with Gasteiger partial charge in [-0.05, 0) is 30.4 Å². The summed E-state index contributed by atoms with van der Waals surface area (Å²) in [4.78, 5) is 6.73.